The van der Waals surface area contributed by atoms with Gasteiger partial charge in [-0.3, -0.25) is 9.59 Å². The number of carbonyl (C=O) groups excluding carboxylic acids is 2. The Kier molecular flexibility index (Phi) is 7.36. The summed E-state index contributed by atoms with van der Waals surface area (Å²) in [6.45, 7) is 6.31. The molecule has 0 saturated heterocycles. The highest BCUT2D eigenvalue weighted by Gasteiger charge is 2.39. The molecule has 1 heterocycles. The van der Waals surface area contributed by atoms with Crippen molar-refractivity contribution in [3.8, 4) is 11.5 Å². The van der Waals surface area contributed by atoms with Crippen LogP contribution in [0.1, 0.15) is 68.6 Å². The van der Waals surface area contributed by atoms with Crippen LogP contribution in [-0.4, -0.2) is 18.4 Å². The molecular weight excluding hydrogens is 510 g/mol. The lowest BCUT2D eigenvalue weighted by Gasteiger charge is -2.37. The van der Waals surface area contributed by atoms with E-state index in [1.165, 1.54) is 5.56 Å². The summed E-state index contributed by atoms with van der Waals surface area (Å²) >= 11 is 0. The Labute approximate surface area is 241 Å². The first kappa shape index (κ1) is 26.8. The maximum absolute atomic E-state index is 14.1. The molecule has 2 aliphatic rings. The first-order valence-electron chi connectivity index (χ1n) is 14.5. The van der Waals surface area contributed by atoms with Gasteiger partial charge in [-0.05, 0) is 70.8 Å². The highest BCUT2D eigenvalue weighted by Crippen LogP contribution is 2.51. The van der Waals surface area contributed by atoms with Gasteiger partial charge in [0.1, 0.15) is 0 Å². The molecule has 0 bridgehead atoms. The topological polar surface area (TPSA) is 64.6 Å². The summed E-state index contributed by atoms with van der Waals surface area (Å²) < 4.78 is 11.7. The number of benzene rings is 4. The van der Waals surface area contributed by atoms with Gasteiger partial charge in [0.15, 0.2) is 17.3 Å². The molecule has 1 N–H and O–H groups in total. The zero-order valence-corrected chi connectivity index (χ0v) is 23.8. The second-order valence-corrected chi connectivity index (χ2v) is 11.3. The molecule has 0 radical (unpaired) electrons. The summed E-state index contributed by atoms with van der Waals surface area (Å²) in [4.78, 5) is 26.6. The molecule has 5 heteroatoms. The molecule has 1 aliphatic carbocycles. The van der Waals surface area contributed by atoms with Crippen LogP contribution < -0.4 is 14.8 Å². The van der Waals surface area contributed by atoms with E-state index in [-0.39, 0.29) is 29.5 Å². The van der Waals surface area contributed by atoms with E-state index in [1.54, 1.807) is 0 Å². The molecule has 1 aliphatic heterocycles. The van der Waals surface area contributed by atoms with Crippen molar-refractivity contribution in [2.75, 3.05) is 11.9 Å². The standard InChI is InChI=1S/C36H35NO4/c1-4-40-32-21-25(15-17-31(32)41-33(39)18-22(2)3)34-35-27-13-9-8-12-24(27)14-16-28(35)37-29-19-26(20-30(38)36(29)34)23-10-6-5-7-11-23/h5-17,21-22,26,34,37H,4,18-20H2,1-3H3/t26-,34+/m0/s1. The van der Waals surface area contributed by atoms with Gasteiger partial charge < -0.3 is 14.8 Å². The zero-order valence-electron chi connectivity index (χ0n) is 23.8. The third-order valence-electron chi connectivity index (χ3n) is 8.01. The van der Waals surface area contributed by atoms with Crippen molar-refractivity contribution in [2.45, 2.75) is 51.9 Å². The van der Waals surface area contributed by atoms with Crippen molar-refractivity contribution in [1.29, 1.82) is 0 Å². The molecule has 2 atom stereocenters. The van der Waals surface area contributed by atoms with Crippen LogP contribution in [-0.2, 0) is 9.59 Å². The van der Waals surface area contributed by atoms with Crippen molar-refractivity contribution >= 4 is 28.2 Å². The van der Waals surface area contributed by atoms with E-state index >= 15 is 0 Å². The van der Waals surface area contributed by atoms with Gasteiger partial charge in [0.2, 0.25) is 0 Å². The summed E-state index contributed by atoms with van der Waals surface area (Å²) in [6.07, 6.45) is 1.55. The fourth-order valence-corrected chi connectivity index (χ4v) is 6.26. The summed E-state index contributed by atoms with van der Waals surface area (Å²) in [6, 6.07) is 28.6. The highest BCUT2D eigenvalue weighted by molar-refractivity contribution is 6.04. The number of allylic oxidation sites excluding steroid dienone is 2. The minimum Gasteiger partial charge on any atom is -0.490 e. The lowest BCUT2D eigenvalue weighted by atomic mass is 9.71. The number of carbonyl (C=O) groups is 2. The molecule has 0 unspecified atom stereocenters. The number of ketones is 1. The third kappa shape index (κ3) is 5.24. The Bertz CT molecular complexity index is 1650. The molecule has 41 heavy (non-hydrogen) atoms. The van der Waals surface area contributed by atoms with Crippen LogP contribution in [0.15, 0.2) is 96.2 Å². The normalized spacial score (nSPS) is 18.1. The Morgan fingerprint density at radius 3 is 2.46 bits per heavy atom. The van der Waals surface area contributed by atoms with Crippen LogP contribution in [0.2, 0.25) is 0 Å². The first-order chi connectivity index (χ1) is 19.9. The monoisotopic (exact) mass is 545 g/mol. The van der Waals surface area contributed by atoms with Crippen molar-refractivity contribution in [3.63, 3.8) is 0 Å². The summed E-state index contributed by atoms with van der Waals surface area (Å²) in [5, 5.41) is 5.91. The van der Waals surface area contributed by atoms with E-state index < -0.39 is 0 Å². The van der Waals surface area contributed by atoms with Crippen LogP contribution in [0.5, 0.6) is 11.5 Å². The quantitative estimate of drug-likeness (QED) is 0.188. The van der Waals surface area contributed by atoms with Crippen molar-refractivity contribution in [3.05, 3.63) is 113 Å². The van der Waals surface area contributed by atoms with Gasteiger partial charge in [-0.2, -0.15) is 0 Å². The van der Waals surface area contributed by atoms with E-state index in [2.05, 4.69) is 41.7 Å². The highest BCUT2D eigenvalue weighted by atomic mass is 16.6. The molecule has 0 amide bonds. The number of anilines is 1. The molecule has 208 valence electrons. The number of fused-ring (bicyclic) bond motifs is 3. The predicted molar refractivity (Wildman–Crippen MR) is 163 cm³/mol. The van der Waals surface area contributed by atoms with Crippen LogP contribution in [0.25, 0.3) is 10.8 Å². The fraction of sp³-hybridized carbons (Fsp3) is 0.278. The molecule has 4 aromatic carbocycles. The lowest BCUT2D eigenvalue weighted by molar-refractivity contribution is -0.135. The number of Topliss-reactive ketones (excluding diaryl/α,β-unsaturated/α-hetero) is 1. The Morgan fingerprint density at radius 2 is 1.68 bits per heavy atom. The van der Waals surface area contributed by atoms with Crippen LogP contribution in [0.3, 0.4) is 0 Å². The maximum Gasteiger partial charge on any atom is 0.311 e. The number of hydrogen-bond donors (Lipinski definition) is 1. The second-order valence-electron chi connectivity index (χ2n) is 11.3. The van der Waals surface area contributed by atoms with Crippen molar-refractivity contribution < 1.29 is 19.1 Å². The van der Waals surface area contributed by atoms with Gasteiger partial charge in [-0.25, -0.2) is 0 Å². The molecule has 6 rings (SSSR count). The minimum atomic E-state index is -0.286. The molecule has 0 fully saturated rings. The van der Waals surface area contributed by atoms with E-state index in [1.807, 2.05) is 69.3 Å². The SMILES string of the molecule is CCOc1cc([C@H]2C3=C(C[C@H](c4ccccc4)CC3=O)Nc3ccc4ccccc4c32)ccc1OC(=O)CC(C)C. The van der Waals surface area contributed by atoms with Gasteiger partial charge in [0.05, 0.1) is 6.61 Å². The third-order valence-corrected chi connectivity index (χ3v) is 8.01. The van der Waals surface area contributed by atoms with E-state index in [4.69, 9.17) is 9.47 Å². The number of rotatable bonds is 7. The molecular formula is C36H35NO4. The molecule has 0 spiro atoms. The van der Waals surface area contributed by atoms with Gasteiger partial charge in [0, 0.05) is 35.7 Å². The first-order valence-corrected chi connectivity index (χ1v) is 14.5. The van der Waals surface area contributed by atoms with Crippen molar-refractivity contribution in [2.24, 2.45) is 5.92 Å². The van der Waals surface area contributed by atoms with Gasteiger partial charge in [0.25, 0.3) is 0 Å². The largest absolute Gasteiger partial charge is 0.490 e. The number of nitrogens with one attached hydrogen (secondary N) is 1. The predicted octanol–water partition coefficient (Wildman–Crippen LogP) is 8.15. The van der Waals surface area contributed by atoms with E-state index in [9.17, 15) is 9.59 Å². The summed E-state index contributed by atoms with van der Waals surface area (Å²) in [7, 11) is 0. The van der Waals surface area contributed by atoms with E-state index in [0.29, 0.717) is 30.9 Å². The van der Waals surface area contributed by atoms with Crippen LogP contribution in [0.4, 0.5) is 5.69 Å². The lowest BCUT2D eigenvalue weighted by Crippen LogP contribution is -2.30. The van der Waals surface area contributed by atoms with E-state index in [0.717, 1.165) is 45.3 Å². The fourth-order valence-electron chi connectivity index (χ4n) is 6.26. The van der Waals surface area contributed by atoms with Crippen molar-refractivity contribution in [1.82, 2.24) is 0 Å². The molecule has 4 aromatic rings. The Hall–Kier alpha value is -4.38. The number of hydrogen-bond acceptors (Lipinski definition) is 5. The smallest absolute Gasteiger partial charge is 0.311 e. The zero-order chi connectivity index (χ0) is 28.5. The molecule has 5 nitrogen and oxygen atoms in total. The molecule has 0 aromatic heterocycles. The second kappa shape index (κ2) is 11.2. The summed E-state index contributed by atoms with van der Waals surface area (Å²) in [5.74, 6) is 0.819. The average molecular weight is 546 g/mol. The number of ether oxygens (including phenoxy) is 2. The number of esters is 1. The summed E-state index contributed by atoms with van der Waals surface area (Å²) in [5.41, 5.74) is 6.01. The van der Waals surface area contributed by atoms with Crippen LogP contribution >= 0.6 is 0 Å². The van der Waals surface area contributed by atoms with Gasteiger partial charge in [-0.1, -0.05) is 80.6 Å². The maximum atomic E-state index is 14.1. The Morgan fingerprint density at radius 1 is 0.902 bits per heavy atom. The Balaban J connectivity index is 1.49. The minimum absolute atomic E-state index is 0.124. The van der Waals surface area contributed by atoms with Gasteiger partial charge in [-0.15, -0.1) is 0 Å². The van der Waals surface area contributed by atoms with Gasteiger partial charge >= 0.3 is 5.97 Å². The average Bonchev–Trinajstić information content (AvgIpc) is 2.97. The van der Waals surface area contributed by atoms with Crippen LogP contribution in [0, 0.1) is 5.92 Å². The molecule has 0 saturated carbocycles.